The first-order valence-electron chi connectivity index (χ1n) is 8.39. The molecule has 0 spiro atoms. The van der Waals surface area contributed by atoms with Gasteiger partial charge in [-0.3, -0.25) is 0 Å². The summed E-state index contributed by atoms with van der Waals surface area (Å²) in [6, 6.07) is 16.3. The van der Waals surface area contributed by atoms with Crippen molar-refractivity contribution in [3.05, 3.63) is 64.7 Å². The monoisotopic (exact) mass is 337 g/mol. The molecule has 4 heteroatoms. The minimum absolute atomic E-state index is 0.680. The smallest absolute Gasteiger partial charge is 0.134 e. The van der Waals surface area contributed by atoms with Crippen molar-refractivity contribution in [2.24, 2.45) is 0 Å². The molecule has 0 saturated carbocycles. The zero-order valence-corrected chi connectivity index (χ0v) is 14.3. The maximum Gasteiger partial charge on any atom is 0.134 e. The average Bonchev–Trinajstić information content (AvgIpc) is 2.79. The number of aromatic nitrogens is 1. The molecule has 2 aromatic carbocycles. The predicted molar refractivity (Wildman–Crippen MR) is 102 cm³/mol. The number of hydrogen-bond acceptors (Lipinski definition) is 3. The van der Waals surface area contributed by atoms with Crippen molar-refractivity contribution < 1.29 is 0 Å². The summed E-state index contributed by atoms with van der Waals surface area (Å²) in [5, 5.41) is 1.57. The van der Waals surface area contributed by atoms with Crippen LogP contribution in [0.1, 0.15) is 24.0 Å². The molecular formula is C20H20ClN3. The summed E-state index contributed by atoms with van der Waals surface area (Å²) >= 11 is 6.38. The number of benzene rings is 2. The number of fused-ring (bicyclic) bond motifs is 2. The Labute approximate surface area is 147 Å². The highest BCUT2D eigenvalue weighted by Gasteiger charge is 2.22. The first-order chi connectivity index (χ1) is 11.7. The molecule has 0 fully saturated rings. The largest absolute Gasteiger partial charge is 0.398 e. The topological polar surface area (TPSA) is 42.1 Å². The van der Waals surface area contributed by atoms with E-state index >= 15 is 0 Å². The third-order valence-corrected chi connectivity index (χ3v) is 5.02. The van der Waals surface area contributed by atoms with Gasteiger partial charge in [0.15, 0.2) is 0 Å². The van der Waals surface area contributed by atoms with Crippen molar-refractivity contribution >= 4 is 34.0 Å². The number of rotatable bonds is 2. The number of nitrogens with two attached hydrogens (primary N) is 1. The van der Waals surface area contributed by atoms with Crippen LogP contribution in [0.2, 0.25) is 5.02 Å². The van der Waals surface area contributed by atoms with Gasteiger partial charge in [0.25, 0.3) is 0 Å². The zero-order chi connectivity index (χ0) is 16.5. The van der Waals surface area contributed by atoms with Gasteiger partial charge in [-0.15, -0.1) is 0 Å². The fourth-order valence-electron chi connectivity index (χ4n) is 3.50. The van der Waals surface area contributed by atoms with Crippen LogP contribution in [0.4, 0.5) is 11.5 Å². The normalized spacial score (nSPS) is 14.5. The van der Waals surface area contributed by atoms with Crippen LogP contribution in [-0.4, -0.2) is 11.5 Å². The standard InChI is InChI=1S/C20H20ClN3/c21-16-10-6-11-17-18(16)19(22)15-9-4-5-12-24(20(15)23-17)13-14-7-2-1-3-8-14/h1-3,6-8,10-11H,4-5,9,12-13H2,(H2,22,23). The number of nitrogen functional groups attached to an aromatic ring is 1. The molecule has 3 nitrogen and oxygen atoms in total. The fourth-order valence-corrected chi connectivity index (χ4v) is 3.77. The van der Waals surface area contributed by atoms with E-state index in [4.69, 9.17) is 22.3 Å². The molecule has 3 aromatic rings. The molecule has 24 heavy (non-hydrogen) atoms. The van der Waals surface area contributed by atoms with E-state index in [1.807, 2.05) is 24.3 Å². The van der Waals surface area contributed by atoms with Gasteiger partial charge >= 0.3 is 0 Å². The molecule has 1 aromatic heterocycles. The van der Waals surface area contributed by atoms with Crippen molar-refractivity contribution in [1.29, 1.82) is 0 Å². The SMILES string of the molecule is Nc1c2c(nc3cccc(Cl)c13)N(Cc1ccccc1)CCCC2. The molecule has 2 N–H and O–H groups in total. The van der Waals surface area contributed by atoms with Gasteiger partial charge in [0.1, 0.15) is 5.82 Å². The summed E-state index contributed by atoms with van der Waals surface area (Å²) in [6.07, 6.45) is 3.23. The molecule has 0 aliphatic carbocycles. The van der Waals surface area contributed by atoms with E-state index in [2.05, 4.69) is 29.2 Å². The van der Waals surface area contributed by atoms with Crippen LogP contribution in [0.3, 0.4) is 0 Å². The fraction of sp³-hybridized carbons (Fsp3) is 0.250. The predicted octanol–water partition coefficient (Wildman–Crippen LogP) is 4.81. The van der Waals surface area contributed by atoms with E-state index < -0.39 is 0 Å². The lowest BCUT2D eigenvalue weighted by Gasteiger charge is -2.25. The van der Waals surface area contributed by atoms with Crippen molar-refractivity contribution in [1.82, 2.24) is 4.98 Å². The zero-order valence-electron chi connectivity index (χ0n) is 13.5. The minimum atomic E-state index is 0.680. The average molecular weight is 338 g/mol. The third-order valence-electron chi connectivity index (χ3n) is 4.70. The molecule has 0 radical (unpaired) electrons. The van der Waals surface area contributed by atoms with E-state index in [0.29, 0.717) is 5.02 Å². The molecule has 0 saturated heterocycles. The number of anilines is 2. The van der Waals surface area contributed by atoms with Crippen LogP contribution in [0.15, 0.2) is 48.5 Å². The Morgan fingerprint density at radius 2 is 1.88 bits per heavy atom. The molecular weight excluding hydrogens is 318 g/mol. The number of pyridine rings is 1. The van der Waals surface area contributed by atoms with Gasteiger partial charge in [0, 0.05) is 29.7 Å². The van der Waals surface area contributed by atoms with E-state index in [0.717, 1.165) is 60.3 Å². The lowest BCUT2D eigenvalue weighted by atomic mass is 10.0. The Bertz CT molecular complexity index is 877. The van der Waals surface area contributed by atoms with Crippen LogP contribution >= 0.6 is 11.6 Å². The van der Waals surface area contributed by atoms with Gasteiger partial charge < -0.3 is 10.6 Å². The molecule has 4 rings (SSSR count). The van der Waals surface area contributed by atoms with Gasteiger partial charge in [-0.05, 0) is 37.0 Å². The second-order valence-corrected chi connectivity index (χ2v) is 6.73. The quantitative estimate of drug-likeness (QED) is 0.729. The second-order valence-electron chi connectivity index (χ2n) is 6.33. The molecule has 2 heterocycles. The van der Waals surface area contributed by atoms with E-state index in [1.165, 1.54) is 5.56 Å². The maximum atomic E-state index is 6.51. The van der Waals surface area contributed by atoms with Crippen molar-refractivity contribution in [3.8, 4) is 0 Å². The molecule has 122 valence electrons. The Morgan fingerprint density at radius 1 is 1.04 bits per heavy atom. The van der Waals surface area contributed by atoms with E-state index in [9.17, 15) is 0 Å². The summed E-state index contributed by atoms with van der Waals surface area (Å²) < 4.78 is 0. The summed E-state index contributed by atoms with van der Waals surface area (Å²) in [5.41, 5.74) is 10.6. The number of halogens is 1. The first kappa shape index (κ1) is 15.3. The Kier molecular flexibility index (Phi) is 4.03. The Hall–Kier alpha value is -2.26. The number of hydrogen-bond donors (Lipinski definition) is 1. The molecule has 1 aliphatic rings. The van der Waals surface area contributed by atoms with Crippen LogP contribution < -0.4 is 10.6 Å². The van der Waals surface area contributed by atoms with Crippen LogP contribution in [0.5, 0.6) is 0 Å². The summed E-state index contributed by atoms with van der Waals surface area (Å²) in [6.45, 7) is 1.85. The lowest BCUT2D eigenvalue weighted by molar-refractivity contribution is 0.711. The van der Waals surface area contributed by atoms with Gasteiger partial charge in [-0.25, -0.2) is 4.98 Å². The Balaban J connectivity index is 1.85. The molecule has 0 bridgehead atoms. The highest BCUT2D eigenvalue weighted by molar-refractivity contribution is 6.36. The van der Waals surface area contributed by atoms with Gasteiger partial charge in [-0.1, -0.05) is 48.0 Å². The van der Waals surface area contributed by atoms with Gasteiger partial charge in [0.05, 0.1) is 10.5 Å². The number of nitrogens with zero attached hydrogens (tertiary/aromatic N) is 2. The maximum absolute atomic E-state index is 6.51. The highest BCUT2D eigenvalue weighted by atomic mass is 35.5. The van der Waals surface area contributed by atoms with E-state index in [1.54, 1.807) is 0 Å². The molecule has 0 amide bonds. The molecule has 0 unspecified atom stereocenters. The van der Waals surface area contributed by atoms with Crippen molar-refractivity contribution in [2.45, 2.75) is 25.8 Å². The summed E-state index contributed by atoms with van der Waals surface area (Å²) in [4.78, 5) is 7.29. The third kappa shape index (κ3) is 2.69. The van der Waals surface area contributed by atoms with Gasteiger partial charge in [0.2, 0.25) is 0 Å². The summed E-state index contributed by atoms with van der Waals surface area (Å²) in [7, 11) is 0. The highest BCUT2D eigenvalue weighted by Crippen LogP contribution is 2.37. The van der Waals surface area contributed by atoms with Crippen molar-refractivity contribution in [2.75, 3.05) is 17.2 Å². The second kappa shape index (κ2) is 6.33. The lowest BCUT2D eigenvalue weighted by Crippen LogP contribution is -2.25. The molecule has 1 aliphatic heterocycles. The van der Waals surface area contributed by atoms with Gasteiger partial charge in [-0.2, -0.15) is 0 Å². The first-order valence-corrected chi connectivity index (χ1v) is 8.77. The minimum Gasteiger partial charge on any atom is -0.398 e. The van der Waals surface area contributed by atoms with E-state index in [-0.39, 0.29) is 0 Å². The Morgan fingerprint density at radius 3 is 2.71 bits per heavy atom. The van der Waals surface area contributed by atoms with Crippen molar-refractivity contribution in [3.63, 3.8) is 0 Å². The van der Waals surface area contributed by atoms with Crippen LogP contribution in [0, 0.1) is 0 Å². The summed E-state index contributed by atoms with van der Waals surface area (Å²) in [5.74, 6) is 1.02. The van der Waals surface area contributed by atoms with Crippen LogP contribution in [-0.2, 0) is 13.0 Å². The molecule has 0 atom stereocenters. The van der Waals surface area contributed by atoms with Crippen LogP contribution in [0.25, 0.3) is 10.9 Å².